The van der Waals surface area contributed by atoms with Crippen LogP contribution in [0.5, 0.6) is 5.75 Å². The highest BCUT2D eigenvalue weighted by Gasteiger charge is 2.18. The van der Waals surface area contributed by atoms with Crippen molar-refractivity contribution < 1.29 is 9.53 Å². The Kier molecular flexibility index (Phi) is 3.25. The number of nitrogens with one attached hydrogen (secondary N) is 2. The molecule has 0 aliphatic heterocycles. The predicted octanol–water partition coefficient (Wildman–Crippen LogP) is 2.33. The molecule has 0 aliphatic carbocycles. The van der Waals surface area contributed by atoms with Crippen LogP contribution in [-0.2, 0) is 0 Å². The van der Waals surface area contributed by atoms with Crippen molar-refractivity contribution in [3.8, 4) is 5.75 Å². The van der Waals surface area contributed by atoms with Crippen LogP contribution >= 0.6 is 22.9 Å². The number of fused-ring (bicyclic) bond motifs is 1. The Morgan fingerprint density at radius 1 is 1.50 bits per heavy atom. The summed E-state index contributed by atoms with van der Waals surface area (Å²) in [6.45, 7) is 0. The molecule has 0 spiro atoms. The van der Waals surface area contributed by atoms with E-state index in [9.17, 15) is 4.79 Å². The van der Waals surface area contributed by atoms with Crippen molar-refractivity contribution in [2.45, 2.75) is 0 Å². The molecule has 3 aromatic rings. The highest BCUT2D eigenvalue weighted by molar-refractivity contribution is 7.21. The van der Waals surface area contributed by atoms with E-state index in [1.54, 1.807) is 13.2 Å². The molecule has 1 aromatic carbocycles. The monoisotopic (exact) mass is 309 g/mol. The Balaban J connectivity index is 1.98. The third kappa shape index (κ3) is 2.19. The maximum absolute atomic E-state index is 12.1. The first kappa shape index (κ1) is 12.8. The lowest BCUT2D eigenvalue weighted by molar-refractivity contribution is 0.103. The van der Waals surface area contributed by atoms with Gasteiger partial charge in [0.05, 0.1) is 12.1 Å². The molecule has 7 nitrogen and oxygen atoms in total. The molecule has 2 N–H and O–H groups in total. The van der Waals surface area contributed by atoms with Crippen molar-refractivity contribution in [3.63, 3.8) is 0 Å². The van der Waals surface area contributed by atoms with Gasteiger partial charge in [0.2, 0.25) is 0 Å². The van der Waals surface area contributed by atoms with E-state index >= 15 is 0 Å². The Morgan fingerprint density at radius 3 is 3.05 bits per heavy atom. The van der Waals surface area contributed by atoms with E-state index in [2.05, 4.69) is 25.9 Å². The van der Waals surface area contributed by atoms with Gasteiger partial charge in [0, 0.05) is 10.1 Å². The van der Waals surface area contributed by atoms with Gasteiger partial charge in [-0.3, -0.25) is 10.1 Å². The number of aromatic amines is 1. The number of H-pyrrole nitrogens is 1. The third-order valence-corrected chi connectivity index (χ3v) is 4.27. The van der Waals surface area contributed by atoms with Crippen molar-refractivity contribution in [2.75, 3.05) is 12.4 Å². The van der Waals surface area contributed by atoms with Crippen LogP contribution in [0.1, 0.15) is 9.67 Å². The van der Waals surface area contributed by atoms with Crippen LogP contribution in [0.2, 0.25) is 5.02 Å². The Labute approximate surface area is 121 Å². The summed E-state index contributed by atoms with van der Waals surface area (Å²) in [6.07, 6.45) is 0. The van der Waals surface area contributed by atoms with Crippen LogP contribution in [0.25, 0.3) is 10.1 Å². The molecule has 9 heteroatoms. The number of hydrogen-bond donors (Lipinski definition) is 2. The number of hydrogen-bond acceptors (Lipinski definition) is 6. The summed E-state index contributed by atoms with van der Waals surface area (Å²) in [5.41, 5.74) is 0. The van der Waals surface area contributed by atoms with Gasteiger partial charge in [-0.25, -0.2) is 0 Å². The Morgan fingerprint density at radius 2 is 2.35 bits per heavy atom. The number of nitrogens with zero attached hydrogens (tertiary/aromatic N) is 3. The first-order chi connectivity index (χ1) is 9.69. The van der Waals surface area contributed by atoms with Crippen LogP contribution in [0, 0.1) is 0 Å². The van der Waals surface area contributed by atoms with Gasteiger partial charge in [-0.15, -0.1) is 16.4 Å². The maximum Gasteiger partial charge on any atom is 0.270 e. The summed E-state index contributed by atoms with van der Waals surface area (Å²) >= 11 is 7.51. The zero-order chi connectivity index (χ0) is 14.1. The van der Waals surface area contributed by atoms with Crippen molar-refractivity contribution in [1.82, 2.24) is 20.6 Å². The zero-order valence-corrected chi connectivity index (χ0v) is 11.7. The number of methoxy groups -OCH3 is 1. The quantitative estimate of drug-likeness (QED) is 0.774. The zero-order valence-electron chi connectivity index (χ0n) is 10.2. The van der Waals surface area contributed by atoms with Gasteiger partial charge in [0.25, 0.3) is 11.9 Å². The highest BCUT2D eigenvalue weighted by atomic mass is 35.5. The molecule has 0 radical (unpaired) electrons. The molecule has 2 aromatic heterocycles. The van der Waals surface area contributed by atoms with Crippen molar-refractivity contribution in [3.05, 3.63) is 28.1 Å². The molecule has 0 saturated heterocycles. The second-order valence-corrected chi connectivity index (χ2v) is 5.23. The van der Waals surface area contributed by atoms with Crippen molar-refractivity contribution >= 4 is 44.9 Å². The van der Waals surface area contributed by atoms with Gasteiger partial charge in [-0.05, 0) is 23.4 Å². The minimum Gasteiger partial charge on any atom is -0.497 e. The van der Waals surface area contributed by atoms with E-state index in [0.29, 0.717) is 15.6 Å². The number of aromatic nitrogens is 4. The molecule has 0 unspecified atom stereocenters. The first-order valence-corrected chi connectivity index (χ1v) is 6.69. The minimum absolute atomic E-state index is 0.0982. The van der Waals surface area contributed by atoms with Crippen LogP contribution in [-0.4, -0.2) is 33.6 Å². The van der Waals surface area contributed by atoms with Gasteiger partial charge in [-0.2, -0.15) is 5.21 Å². The molecular formula is C11H8ClN5O2S. The number of carbonyl (C=O) groups is 1. The van der Waals surface area contributed by atoms with E-state index in [-0.39, 0.29) is 11.9 Å². The Hall–Kier alpha value is -2.19. The molecule has 0 bridgehead atoms. The number of ether oxygens (including phenoxy) is 1. The van der Waals surface area contributed by atoms with Crippen molar-refractivity contribution in [1.29, 1.82) is 0 Å². The molecule has 3 rings (SSSR count). The topological polar surface area (TPSA) is 92.8 Å². The van der Waals surface area contributed by atoms with E-state index in [1.807, 2.05) is 12.1 Å². The average molecular weight is 310 g/mol. The molecule has 0 fully saturated rings. The van der Waals surface area contributed by atoms with Crippen LogP contribution in [0.3, 0.4) is 0 Å². The first-order valence-electron chi connectivity index (χ1n) is 5.50. The lowest BCUT2D eigenvalue weighted by Crippen LogP contribution is -2.11. The largest absolute Gasteiger partial charge is 0.497 e. The normalized spacial score (nSPS) is 10.7. The lowest BCUT2D eigenvalue weighted by Gasteiger charge is -1.98. The fourth-order valence-corrected chi connectivity index (χ4v) is 3.13. The van der Waals surface area contributed by atoms with Gasteiger partial charge < -0.3 is 4.74 Å². The van der Waals surface area contributed by atoms with Crippen LogP contribution < -0.4 is 10.1 Å². The minimum atomic E-state index is -0.378. The van der Waals surface area contributed by atoms with E-state index in [0.717, 1.165) is 10.1 Å². The van der Waals surface area contributed by atoms with Gasteiger partial charge >= 0.3 is 0 Å². The van der Waals surface area contributed by atoms with Crippen LogP contribution in [0.15, 0.2) is 18.2 Å². The van der Waals surface area contributed by atoms with E-state index in [1.165, 1.54) is 11.3 Å². The molecule has 2 heterocycles. The highest BCUT2D eigenvalue weighted by Crippen LogP contribution is 2.37. The van der Waals surface area contributed by atoms with E-state index < -0.39 is 0 Å². The fourth-order valence-electron chi connectivity index (χ4n) is 1.69. The number of carbonyl (C=O) groups excluding carboxylic acids is 1. The summed E-state index contributed by atoms with van der Waals surface area (Å²) in [6, 6.07) is 5.44. The fraction of sp³-hybridized carbons (Fsp3) is 0.0909. The maximum atomic E-state index is 12.1. The smallest absolute Gasteiger partial charge is 0.270 e. The number of rotatable bonds is 3. The number of anilines is 1. The Bertz CT molecular complexity index is 771. The summed E-state index contributed by atoms with van der Waals surface area (Å²) in [5.74, 6) is 0.429. The number of halogens is 1. The van der Waals surface area contributed by atoms with E-state index in [4.69, 9.17) is 16.3 Å². The van der Waals surface area contributed by atoms with Gasteiger partial charge in [-0.1, -0.05) is 16.7 Å². The lowest BCUT2D eigenvalue weighted by atomic mass is 10.2. The van der Waals surface area contributed by atoms with Crippen LogP contribution in [0.4, 0.5) is 5.95 Å². The molecule has 1 amide bonds. The second kappa shape index (κ2) is 5.06. The molecule has 20 heavy (non-hydrogen) atoms. The summed E-state index contributed by atoms with van der Waals surface area (Å²) in [7, 11) is 1.58. The van der Waals surface area contributed by atoms with Crippen molar-refractivity contribution in [2.24, 2.45) is 0 Å². The number of thiophene rings is 1. The summed E-state index contributed by atoms with van der Waals surface area (Å²) in [4.78, 5) is 12.5. The summed E-state index contributed by atoms with van der Waals surface area (Å²) in [5, 5.41) is 16.6. The number of tetrazole rings is 1. The molecule has 0 atom stereocenters. The SMILES string of the molecule is COc1ccc2c(Cl)c(C(=O)Nc3nn[nH]n3)sc2c1. The van der Waals surface area contributed by atoms with Gasteiger partial charge in [0.1, 0.15) is 10.6 Å². The molecule has 0 aliphatic rings. The molecule has 102 valence electrons. The second-order valence-electron chi connectivity index (χ2n) is 3.80. The standard InChI is InChI=1S/C11H8ClN5O2S/c1-19-5-2-3-6-7(4-5)20-9(8(6)12)10(18)13-11-14-16-17-15-11/h2-4H,1H3,(H2,13,14,15,16,17,18). The number of amides is 1. The molecule has 0 saturated carbocycles. The number of benzene rings is 1. The summed E-state index contributed by atoms with van der Waals surface area (Å²) < 4.78 is 6.02. The predicted molar refractivity (Wildman–Crippen MR) is 75.5 cm³/mol. The molecular weight excluding hydrogens is 302 g/mol. The van der Waals surface area contributed by atoms with Gasteiger partial charge in [0.15, 0.2) is 0 Å². The third-order valence-electron chi connectivity index (χ3n) is 2.61. The average Bonchev–Trinajstić information content (AvgIpc) is 3.06.